The second kappa shape index (κ2) is 7.72. The zero-order valence-corrected chi connectivity index (χ0v) is 19.6. The summed E-state index contributed by atoms with van der Waals surface area (Å²) in [4.78, 5) is 19.5. The van der Waals surface area contributed by atoms with E-state index >= 15 is 0 Å². The van der Waals surface area contributed by atoms with Crippen LogP contribution in [0.15, 0.2) is 27.3 Å². The van der Waals surface area contributed by atoms with Gasteiger partial charge in [-0.2, -0.15) is 18.4 Å². The van der Waals surface area contributed by atoms with Gasteiger partial charge < -0.3 is 9.64 Å². The minimum absolute atomic E-state index is 0.0778. The van der Waals surface area contributed by atoms with E-state index in [-0.39, 0.29) is 17.3 Å². The number of halogens is 5. The molecule has 160 valence electrons. The zero-order chi connectivity index (χ0) is 22.7. The van der Waals surface area contributed by atoms with Crippen LogP contribution in [0.1, 0.15) is 22.4 Å². The Morgan fingerprint density at radius 3 is 2.68 bits per heavy atom. The second-order valence-corrected chi connectivity index (χ2v) is 8.86. The van der Waals surface area contributed by atoms with Gasteiger partial charge in [0, 0.05) is 13.0 Å². The van der Waals surface area contributed by atoms with Gasteiger partial charge in [-0.3, -0.25) is 9.69 Å². The summed E-state index contributed by atoms with van der Waals surface area (Å²) >= 11 is 12.4. The minimum atomic E-state index is -4.80. The van der Waals surface area contributed by atoms with Gasteiger partial charge in [0.15, 0.2) is 10.8 Å². The van der Waals surface area contributed by atoms with Crippen molar-refractivity contribution >= 4 is 60.8 Å². The number of carbonyl (C=O) groups excluding carboxylic acids is 1. The fourth-order valence-electron chi connectivity index (χ4n) is 3.74. The van der Waals surface area contributed by atoms with E-state index in [4.69, 9.17) is 22.2 Å². The zero-order valence-electron chi connectivity index (χ0n) is 15.6. The molecule has 0 bridgehead atoms. The fraction of sp³-hybridized carbons (Fsp3) is 0.263. The Bertz CT molecular complexity index is 1180. The third-order valence-electron chi connectivity index (χ3n) is 5.18. The lowest BCUT2D eigenvalue weighted by atomic mass is 9.94. The van der Waals surface area contributed by atoms with E-state index in [1.807, 2.05) is 6.07 Å². The highest BCUT2D eigenvalue weighted by Crippen LogP contribution is 2.43. The Kier molecular flexibility index (Phi) is 5.47. The molecular formula is C19H11Br2F3N4O2S. The lowest BCUT2D eigenvalue weighted by molar-refractivity contribution is -0.138. The third kappa shape index (κ3) is 3.48. The molecule has 1 saturated heterocycles. The lowest BCUT2D eigenvalue weighted by Gasteiger charge is -2.31. The van der Waals surface area contributed by atoms with Crippen molar-refractivity contribution < 1.29 is 22.7 Å². The van der Waals surface area contributed by atoms with Crippen LogP contribution in [0.4, 0.5) is 18.9 Å². The monoisotopic (exact) mass is 574 g/mol. The number of hydrogen-bond acceptors (Lipinski definition) is 5. The summed E-state index contributed by atoms with van der Waals surface area (Å²) in [6.07, 6.45) is -3.42. The highest BCUT2D eigenvalue weighted by molar-refractivity contribution is 9.11. The molecule has 1 amide bonds. The van der Waals surface area contributed by atoms with Crippen molar-refractivity contribution in [2.75, 3.05) is 12.0 Å². The number of nitriles is 1. The smallest absolute Gasteiger partial charge is 0.419 e. The molecule has 1 aromatic carbocycles. The summed E-state index contributed by atoms with van der Waals surface area (Å²) in [5.74, 6) is 0.148. The van der Waals surface area contributed by atoms with E-state index in [2.05, 4.69) is 36.8 Å². The van der Waals surface area contributed by atoms with Crippen LogP contribution < -0.4 is 9.64 Å². The maximum absolute atomic E-state index is 13.4. The summed E-state index contributed by atoms with van der Waals surface area (Å²) in [7, 11) is 1.53. The molecule has 2 aliphatic heterocycles. The van der Waals surface area contributed by atoms with Crippen molar-refractivity contribution in [3.8, 4) is 11.8 Å². The van der Waals surface area contributed by atoms with Crippen LogP contribution in [-0.2, 0) is 23.9 Å². The summed E-state index contributed by atoms with van der Waals surface area (Å²) in [5, 5.41) is 9.03. The number of ether oxygens (including phenoxy) is 1. The van der Waals surface area contributed by atoms with Crippen LogP contribution in [0.25, 0.3) is 0 Å². The Hall–Kier alpha value is -2.23. The van der Waals surface area contributed by atoms with Crippen molar-refractivity contribution in [3.63, 3.8) is 0 Å². The van der Waals surface area contributed by atoms with Crippen LogP contribution in [0, 0.1) is 11.3 Å². The van der Waals surface area contributed by atoms with E-state index in [1.54, 1.807) is 4.90 Å². The first kappa shape index (κ1) is 22.0. The topological polar surface area (TPSA) is 69.5 Å². The van der Waals surface area contributed by atoms with Crippen molar-refractivity contribution in [2.45, 2.75) is 25.2 Å². The van der Waals surface area contributed by atoms with Gasteiger partial charge in [-0.05, 0) is 67.3 Å². The summed E-state index contributed by atoms with van der Waals surface area (Å²) < 4.78 is 46.9. The lowest BCUT2D eigenvalue weighted by Crippen LogP contribution is -2.40. The van der Waals surface area contributed by atoms with Crippen molar-refractivity contribution in [3.05, 3.63) is 49.7 Å². The number of carbonyl (C=O) groups is 1. The molecule has 6 nitrogen and oxygen atoms in total. The van der Waals surface area contributed by atoms with Crippen LogP contribution in [0.5, 0.6) is 5.75 Å². The molecular weight excluding hydrogens is 565 g/mol. The summed E-state index contributed by atoms with van der Waals surface area (Å²) in [6.45, 7) is 0.279. The van der Waals surface area contributed by atoms with Gasteiger partial charge >= 0.3 is 6.18 Å². The highest BCUT2D eigenvalue weighted by atomic mass is 79.9. The maximum Gasteiger partial charge on any atom is 0.419 e. The van der Waals surface area contributed by atoms with Crippen LogP contribution in [0.3, 0.4) is 0 Å². The molecule has 1 unspecified atom stereocenters. The first-order valence-corrected chi connectivity index (χ1v) is 10.7. The Labute approximate surface area is 196 Å². The van der Waals surface area contributed by atoms with E-state index < -0.39 is 29.4 Å². The second-order valence-electron chi connectivity index (χ2n) is 6.85. The molecule has 1 fully saturated rings. The normalized spacial score (nSPS) is 18.0. The van der Waals surface area contributed by atoms with Crippen LogP contribution >= 0.6 is 44.1 Å². The molecule has 12 heteroatoms. The molecule has 0 aliphatic carbocycles. The molecule has 31 heavy (non-hydrogen) atoms. The standard InChI is InChI=1S/C19H11Br2F3N4O2S/c1-30-16-12(20)2-8-3-14-17(29)28(18(31)27(14)7-10(8)15(16)21)9-4-11(19(22,23)24)13(5-25)26-6-9/h2,4,6,14H,3,7H2,1H3. The quantitative estimate of drug-likeness (QED) is 0.489. The van der Waals surface area contributed by atoms with Crippen LogP contribution in [-0.4, -0.2) is 34.1 Å². The molecule has 0 saturated carbocycles. The van der Waals surface area contributed by atoms with Gasteiger partial charge in [-0.1, -0.05) is 0 Å². The number of benzene rings is 1. The van der Waals surface area contributed by atoms with Gasteiger partial charge in [0.05, 0.1) is 33.5 Å². The van der Waals surface area contributed by atoms with E-state index in [1.165, 1.54) is 13.2 Å². The number of pyridine rings is 1. The van der Waals surface area contributed by atoms with Crippen molar-refractivity contribution in [1.29, 1.82) is 5.26 Å². The van der Waals surface area contributed by atoms with Gasteiger partial charge in [-0.25, -0.2) is 4.98 Å². The largest absolute Gasteiger partial charge is 0.494 e. The first-order valence-electron chi connectivity index (χ1n) is 8.74. The predicted molar refractivity (Wildman–Crippen MR) is 115 cm³/mol. The SMILES string of the molecule is COc1c(Br)cc2c(c1Br)CN1C(=S)N(c3cnc(C#N)c(C(F)(F)F)c3)C(=O)C1C2. The fourth-order valence-corrected chi connectivity index (χ4v) is 5.79. The Morgan fingerprint density at radius 2 is 2.06 bits per heavy atom. The maximum atomic E-state index is 13.4. The molecule has 2 aliphatic rings. The molecule has 3 heterocycles. The van der Waals surface area contributed by atoms with Gasteiger partial charge in [0.25, 0.3) is 5.91 Å². The number of methoxy groups -OCH3 is 1. The van der Waals surface area contributed by atoms with E-state index in [9.17, 15) is 18.0 Å². The van der Waals surface area contributed by atoms with E-state index in [0.717, 1.165) is 28.3 Å². The summed E-state index contributed by atoms with van der Waals surface area (Å²) in [5.41, 5.74) is -0.333. The number of amides is 1. The van der Waals surface area contributed by atoms with Gasteiger partial charge in [0.1, 0.15) is 17.9 Å². The molecule has 1 aromatic heterocycles. The molecule has 0 spiro atoms. The highest BCUT2D eigenvalue weighted by Gasteiger charge is 2.47. The number of fused-ring (bicyclic) bond motifs is 2. The molecule has 0 radical (unpaired) electrons. The van der Waals surface area contributed by atoms with Gasteiger partial charge in [-0.15, -0.1) is 0 Å². The van der Waals surface area contributed by atoms with Crippen LogP contribution in [0.2, 0.25) is 0 Å². The van der Waals surface area contributed by atoms with E-state index in [0.29, 0.717) is 21.1 Å². The molecule has 2 aromatic rings. The number of anilines is 1. The number of aromatic nitrogens is 1. The predicted octanol–water partition coefficient (Wildman–Crippen LogP) is 4.56. The average Bonchev–Trinajstić information content (AvgIpc) is 2.96. The third-order valence-corrected chi connectivity index (χ3v) is 7.02. The minimum Gasteiger partial charge on any atom is -0.494 e. The first-order chi connectivity index (χ1) is 14.6. The number of alkyl halides is 3. The number of thiocarbonyl (C=S) groups is 1. The van der Waals surface area contributed by atoms with Crippen molar-refractivity contribution in [2.24, 2.45) is 0 Å². The van der Waals surface area contributed by atoms with Gasteiger partial charge in [0.2, 0.25) is 0 Å². The summed E-state index contributed by atoms with van der Waals surface area (Å²) in [6, 6.07) is 3.37. The average molecular weight is 576 g/mol. The molecule has 0 N–H and O–H groups in total. The Morgan fingerprint density at radius 1 is 1.35 bits per heavy atom. The number of hydrogen-bond donors (Lipinski definition) is 0. The molecule has 4 rings (SSSR count). The number of nitrogens with zero attached hydrogens (tertiary/aromatic N) is 4. The Balaban J connectivity index is 1.75. The number of rotatable bonds is 2. The van der Waals surface area contributed by atoms with Crippen molar-refractivity contribution in [1.82, 2.24) is 9.88 Å². The molecule has 1 atom stereocenters.